The monoisotopic (exact) mass is 348 g/mol. The van der Waals surface area contributed by atoms with E-state index in [1.165, 1.54) is 12.7 Å². The van der Waals surface area contributed by atoms with E-state index >= 15 is 0 Å². The number of nitrogens with zero attached hydrogens (tertiary/aromatic N) is 3. The van der Waals surface area contributed by atoms with Crippen LogP contribution in [0.1, 0.15) is 32.1 Å². The molecule has 0 amide bonds. The highest BCUT2D eigenvalue weighted by Crippen LogP contribution is 2.35. The number of nitro groups is 1. The Kier molecular flexibility index (Phi) is 5.10. The molecule has 1 aromatic heterocycles. The molecule has 0 spiro atoms. The van der Waals surface area contributed by atoms with E-state index in [2.05, 4.69) is 15.3 Å². The van der Waals surface area contributed by atoms with Gasteiger partial charge in [0.05, 0.1) is 4.92 Å². The second-order valence-corrected chi connectivity index (χ2v) is 6.08. The molecule has 8 heteroatoms. The van der Waals surface area contributed by atoms with Gasteiger partial charge < -0.3 is 10.1 Å². The van der Waals surface area contributed by atoms with Gasteiger partial charge in [-0.1, -0.05) is 18.0 Å². The van der Waals surface area contributed by atoms with Crippen molar-refractivity contribution in [3.8, 4) is 5.88 Å². The third-order valence-electron chi connectivity index (χ3n) is 3.91. The molecule has 0 radical (unpaired) electrons. The van der Waals surface area contributed by atoms with Crippen LogP contribution in [0, 0.1) is 10.1 Å². The molecular formula is C16H17ClN4O3. The Labute approximate surface area is 144 Å². The zero-order valence-corrected chi connectivity index (χ0v) is 13.7. The van der Waals surface area contributed by atoms with Crippen LogP contribution in [0.5, 0.6) is 5.88 Å². The van der Waals surface area contributed by atoms with Crippen molar-refractivity contribution in [2.45, 2.75) is 38.2 Å². The molecule has 24 heavy (non-hydrogen) atoms. The highest BCUT2D eigenvalue weighted by atomic mass is 35.5. The minimum atomic E-state index is -0.517. The molecule has 0 aliphatic heterocycles. The van der Waals surface area contributed by atoms with Crippen molar-refractivity contribution in [3.63, 3.8) is 0 Å². The molecule has 0 bridgehead atoms. The summed E-state index contributed by atoms with van der Waals surface area (Å²) < 4.78 is 5.79. The molecule has 0 unspecified atom stereocenters. The van der Waals surface area contributed by atoms with Gasteiger partial charge in [-0.25, -0.2) is 4.98 Å². The summed E-state index contributed by atoms with van der Waals surface area (Å²) in [7, 11) is 0. The summed E-state index contributed by atoms with van der Waals surface area (Å²) in [5, 5.41) is 15.0. The lowest BCUT2D eigenvalue weighted by Gasteiger charge is -2.22. The summed E-state index contributed by atoms with van der Waals surface area (Å²) in [5.74, 6) is 0.112. The second-order valence-electron chi connectivity index (χ2n) is 5.64. The van der Waals surface area contributed by atoms with Crippen molar-refractivity contribution in [1.82, 2.24) is 9.97 Å². The fourth-order valence-corrected chi connectivity index (χ4v) is 2.84. The quantitative estimate of drug-likeness (QED) is 0.632. The van der Waals surface area contributed by atoms with Gasteiger partial charge in [0, 0.05) is 10.7 Å². The number of aromatic nitrogens is 2. The third kappa shape index (κ3) is 3.91. The number of benzene rings is 1. The Balaban J connectivity index is 1.86. The minimum absolute atomic E-state index is 0.0124. The summed E-state index contributed by atoms with van der Waals surface area (Å²) in [6.07, 6.45) is 6.33. The van der Waals surface area contributed by atoms with Crippen molar-refractivity contribution in [2.24, 2.45) is 0 Å². The highest BCUT2D eigenvalue weighted by molar-refractivity contribution is 6.30. The molecule has 0 atom stereocenters. The number of hydrogen-bond donors (Lipinski definition) is 1. The van der Waals surface area contributed by atoms with Crippen LogP contribution in [0.4, 0.5) is 17.2 Å². The first-order valence-electron chi connectivity index (χ1n) is 7.82. The average molecular weight is 349 g/mol. The van der Waals surface area contributed by atoms with Crippen molar-refractivity contribution >= 4 is 28.8 Å². The van der Waals surface area contributed by atoms with Crippen molar-refractivity contribution in [3.05, 3.63) is 45.7 Å². The predicted octanol–water partition coefficient (Wildman–Crippen LogP) is 4.49. The van der Waals surface area contributed by atoms with Crippen LogP contribution < -0.4 is 10.1 Å². The van der Waals surface area contributed by atoms with Crippen LogP contribution in [-0.4, -0.2) is 21.0 Å². The Morgan fingerprint density at radius 2 is 1.88 bits per heavy atom. The molecule has 1 fully saturated rings. The molecule has 1 N–H and O–H groups in total. The highest BCUT2D eigenvalue weighted by Gasteiger charge is 2.27. The third-order valence-corrected chi connectivity index (χ3v) is 4.16. The maximum absolute atomic E-state index is 11.5. The Morgan fingerprint density at radius 3 is 2.54 bits per heavy atom. The smallest absolute Gasteiger partial charge is 0.373 e. The first-order chi connectivity index (χ1) is 11.6. The number of halogens is 1. The topological polar surface area (TPSA) is 90.2 Å². The van der Waals surface area contributed by atoms with Gasteiger partial charge in [-0.3, -0.25) is 10.1 Å². The molecule has 2 aromatic rings. The fraction of sp³-hybridized carbons (Fsp3) is 0.375. The summed E-state index contributed by atoms with van der Waals surface area (Å²) in [4.78, 5) is 19.0. The molecule has 1 aliphatic rings. The lowest BCUT2D eigenvalue weighted by Crippen LogP contribution is -2.21. The SMILES string of the molecule is O=[N+]([O-])c1c(Nc2ccc(Cl)cc2)ncnc1OC1CCCCC1. The zero-order valence-electron chi connectivity index (χ0n) is 12.9. The number of hydrogen-bond acceptors (Lipinski definition) is 6. The summed E-state index contributed by atoms with van der Waals surface area (Å²) in [5.41, 5.74) is 0.392. The largest absolute Gasteiger partial charge is 0.469 e. The van der Waals surface area contributed by atoms with Gasteiger partial charge in [-0.15, -0.1) is 0 Å². The van der Waals surface area contributed by atoms with Crippen LogP contribution in [0.3, 0.4) is 0 Å². The standard InChI is InChI=1S/C16H17ClN4O3/c17-11-6-8-12(9-7-11)20-15-14(21(22)23)16(19-10-18-15)24-13-4-2-1-3-5-13/h6-10,13H,1-5H2,(H,18,19,20). The molecule has 126 valence electrons. The van der Waals surface area contributed by atoms with Crippen LogP contribution in [0.15, 0.2) is 30.6 Å². The first-order valence-corrected chi connectivity index (χ1v) is 8.20. The van der Waals surface area contributed by atoms with E-state index < -0.39 is 4.92 Å². The lowest BCUT2D eigenvalue weighted by molar-refractivity contribution is -0.385. The average Bonchev–Trinajstić information content (AvgIpc) is 2.58. The maximum Gasteiger partial charge on any atom is 0.373 e. The van der Waals surface area contributed by atoms with Gasteiger partial charge in [-0.2, -0.15) is 4.98 Å². The molecule has 3 rings (SSSR count). The Bertz CT molecular complexity index is 718. The molecule has 1 saturated carbocycles. The first kappa shape index (κ1) is 16.4. The van der Waals surface area contributed by atoms with E-state index in [0.29, 0.717) is 10.7 Å². The van der Waals surface area contributed by atoms with Crippen molar-refractivity contribution < 1.29 is 9.66 Å². The van der Waals surface area contributed by atoms with E-state index in [9.17, 15) is 10.1 Å². The Morgan fingerprint density at radius 1 is 1.17 bits per heavy atom. The molecule has 1 heterocycles. The number of nitrogens with one attached hydrogen (secondary N) is 1. The molecule has 1 aromatic carbocycles. The molecule has 1 aliphatic carbocycles. The lowest BCUT2D eigenvalue weighted by atomic mass is 9.98. The van der Waals surface area contributed by atoms with E-state index in [0.717, 1.165) is 25.7 Å². The van der Waals surface area contributed by atoms with E-state index in [1.807, 2.05) is 0 Å². The van der Waals surface area contributed by atoms with Crippen LogP contribution >= 0.6 is 11.6 Å². The van der Waals surface area contributed by atoms with Gasteiger partial charge in [0.25, 0.3) is 5.88 Å². The van der Waals surface area contributed by atoms with E-state index in [4.69, 9.17) is 16.3 Å². The van der Waals surface area contributed by atoms with E-state index in [1.54, 1.807) is 24.3 Å². The van der Waals surface area contributed by atoms with Gasteiger partial charge in [0.1, 0.15) is 12.4 Å². The van der Waals surface area contributed by atoms with E-state index in [-0.39, 0.29) is 23.5 Å². The summed E-state index contributed by atoms with van der Waals surface area (Å²) in [6.45, 7) is 0. The van der Waals surface area contributed by atoms with Crippen molar-refractivity contribution in [1.29, 1.82) is 0 Å². The Hall–Kier alpha value is -2.41. The van der Waals surface area contributed by atoms with Crippen LogP contribution in [0.2, 0.25) is 5.02 Å². The van der Waals surface area contributed by atoms with Gasteiger partial charge in [-0.05, 0) is 49.9 Å². The minimum Gasteiger partial charge on any atom is -0.469 e. The number of rotatable bonds is 5. The fourth-order valence-electron chi connectivity index (χ4n) is 2.72. The number of ether oxygens (including phenoxy) is 1. The van der Waals surface area contributed by atoms with Gasteiger partial charge in [0.15, 0.2) is 0 Å². The summed E-state index contributed by atoms with van der Waals surface area (Å²) in [6, 6.07) is 6.82. The van der Waals surface area contributed by atoms with Crippen molar-refractivity contribution in [2.75, 3.05) is 5.32 Å². The predicted molar refractivity (Wildman–Crippen MR) is 90.9 cm³/mol. The number of anilines is 2. The zero-order chi connectivity index (χ0) is 16.9. The second kappa shape index (κ2) is 7.44. The molecule has 7 nitrogen and oxygen atoms in total. The summed E-state index contributed by atoms with van der Waals surface area (Å²) >= 11 is 5.85. The van der Waals surface area contributed by atoms with Crippen LogP contribution in [0.25, 0.3) is 0 Å². The molecule has 0 saturated heterocycles. The van der Waals surface area contributed by atoms with Crippen LogP contribution in [-0.2, 0) is 0 Å². The maximum atomic E-state index is 11.5. The normalized spacial score (nSPS) is 15.0. The molecular weight excluding hydrogens is 332 g/mol. The van der Waals surface area contributed by atoms with Gasteiger partial charge >= 0.3 is 5.69 Å². The van der Waals surface area contributed by atoms with Gasteiger partial charge in [0.2, 0.25) is 5.82 Å².